The number of nitrogens with one attached hydrogen (secondary N) is 1. The van der Waals surface area contributed by atoms with Gasteiger partial charge in [0.2, 0.25) is 0 Å². The van der Waals surface area contributed by atoms with Crippen molar-refractivity contribution in [3.05, 3.63) is 35.4 Å². The molecule has 2 aliphatic rings. The van der Waals surface area contributed by atoms with Crippen molar-refractivity contribution in [1.29, 1.82) is 0 Å². The first kappa shape index (κ1) is 15.1. The molecule has 2 heteroatoms. The zero-order valence-corrected chi connectivity index (χ0v) is 13.3. The second kappa shape index (κ2) is 7.42. The molecule has 116 valence electrons. The van der Waals surface area contributed by atoms with Crippen LogP contribution in [0.25, 0.3) is 0 Å². The Labute approximate surface area is 129 Å². The van der Waals surface area contributed by atoms with E-state index in [1.54, 1.807) is 0 Å². The van der Waals surface area contributed by atoms with E-state index >= 15 is 0 Å². The van der Waals surface area contributed by atoms with E-state index in [1.807, 2.05) is 0 Å². The molecule has 0 saturated heterocycles. The highest BCUT2D eigenvalue weighted by Gasteiger charge is 2.34. The third kappa shape index (κ3) is 4.31. The summed E-state index contributed by atoms with van der Waals surface area (Å²) in [5.41, 5.74) is 2.74. The molecule has 0 amide bonds. The van der Waals surface area contributed by atoms with Gasteiger partial charge in [-0.2, -0.15) is 0 Å². The van der Waals surface area contributed by atoms with Crippen LogP contribution in [-0.4, -0.2) is 12.6 Å². The zero-order chi connectivity index (χ0) is 14.5. The van der Waals surface area contributed by atoms with Gasteiger partial charge in [0.25, 0.3) is 0 Å². The lowest BCUT2D eigenvalue weighted by atomic mass is 9.82. The Morgan fingerprint density at radius 2 is 1.86 bits per heavy atom. The highest BCUT2D eigenvalue weighted by molar-refractivity contribution is 5.26. The Balaban J connectivity index is 1.52. The lowest BCUT2D eigenvalue weighted by molar-refractivity contribution is 0.133. The van der Waals surface area contributed by atoms with Crippen molar-refractivity contribution in [3.63, 3.8) is 0 Å². The average molecular weight is 287 g/mol. The molecule has 2 saturated carbocycles. The van der Waals surface area contributed by atoms with Gasteiger partial charge >= 0.3 is 0 Å². The first-order valence-electron chi connectivity index (χ1n) is 8.74. The third-order valence-electron chi connectivity index (χ3n) is 5.16. The van der Waals surface area contributed by atoms with E-state index in [0.29, 0.717) is 0 Å². The van der Waals surface area contributed by atoms with Crippen molar-refractivity contribution >= 4 is 0 Å². The average Bonchev–Trinajstić information content (AvgIpc) is 3.37. The first-order valence-corrected chi connectivity index (χ1v) is 8.74. The number of rotatable bonds is 7. The van der Waals surface area contributed by atoms with Crippen LogP contribution in [0.1, 0.15) is 56.6 Å². The van der Waals surface area contributed by atoms with Crippen LogP contribution in [0.3, 0.4) is 0 Å². The molecule has 0 radical (unpaired) electrons. The minimum absolute atomic E-state index is 0.726. The van der Waals surface area contributed by atoms with Crippen molar-refractivity contribution in [2.45, 2.75) is 64.6 Å². The van der Waals surface area contributed by atoms with E-state index in [-0.39, 0.29) is 0 Å². The summed E-state index contributed by atoms with van der Waals surface area (Å²) in [5, 5.41) is 3.81. The van der Waals surface area contributed by atoms with Gasteiger partial charge in [0.05, 0.1) is 6.61 Å². The summed E-state index contributed by atoms with van der Waals surface area (Å²) in [5.74, 6) is 2.08. The molecule has 3 rings (SSSR count). The fourth-order valence-electron chi connectivity index (χ4n) is 3.75. The summed E-state index contributed by atoms with van der Waals surface area (Å²) in [7, 11) is 0. The Bertz CT molecular complexity index is 441. The predicted molar refractivity (Wildman–Crippen MR) is 87.1 cm³/mol. The summed E-state index contributed by atoms with van der Waals surface area (Å²) >= 11 is 0. The molecule has 0 heterocycles. The van der Waals surface area contributed by atoms with Crippen molar-refractivity contribution in [1.82, 2.24) is 5.32 Å². The predicted octanol–water partition coefficient (Wildman–Crippen LogP) is 4.28. The van der Waals surface area contributed by atoms with Crippen molar-refractivity contribution in [3.8, 4) is 0 Å². The highest BCUT2D eigenvalue weighted by atomic mass is 16.5. The maximum absolute atomic E-state index is 5.58. The molecule has 1 aromatic rings. The van der Waals surface area contributed by atoms with Crippen LogP contribution in [-0.2, 0) is 17.9 Å². The molecule has 21 heavy (non-hydrogen) atoms. The number of hydrogen-bond donors (Lipinski definition) is 1. The Kier molecular flexibility index (Phi) is 5.32. The molecule has 2 unspecified atom stereocenters. The molecule has 1 N–H and O–H groups in total. The SMILES string of the molecule is CCOCc1ccccc1CNC1CCCC(C2CC2)C1. The fraction of sp³-hybridized carbons (Fsp3) is 0.684. The van der Waals surface area contributed by atoms with Gasteiger partial charge in [0.1, 0.15) is 0 Å². The summed E-state index contributed by atoms with van der Waals surface area (Å²) in [6.07, 6.45) is 8.64. The van der Waals surface area contributed by atoms with Gasteiger partial charge in [0, 0.05) is 19.2 Å². The van der Waals surface area contributed by atoms with Gasteiger partial charge < -0.3 is 10.1 Å². The second-order valence-electron chi connectivity index (χ2n) is 6.75. The normalized spacial score (nSPS) is 26.0. The highest BCUT2D eigenvalue weighted by Crippen LogP contribution is 2.43. The molecule has 1 aromatic carbocycles. The van der Waals surface area contributed by atoms with E-state index in [9.17, 15) is 0 Å². The summed E-state index contributed by atoms with van der Waals surface area (Å²) in [4.78, 5) is 0. The van der Waals surface area contributed by atoms with Crippen LogP contribution >= 0.6 is 0 Å². The van der Waals surface area contributed by atoms with Gasteiger partial charge in [-0.15, -0.1) is 0 Å². The number of ether oxygens (including phenoxy) is 1. The van der Waals surface area contributed by atoms with Crippen LogP contribution in [0.4, 0.5) is 0 Å². The monoisotopic (exact) mass is 287 g/mol. The smallest absolute Gasteiger partial charge is 0.0719 e. The topological polar surface area (TPSA) is 21.3 Å². The standard InChI is InChI=1S/C19H29NO/c1-2-21-14-18-7-4-3-6-17(18)13-20-19-9-5-8-16(12-19)15-10-11-15/h3-4,6-7,15-16,19-20H,2,5,8-14H2,1H3. The largest absolute Gasteiger partial charge is 0.377 e. The van der Waals surface area contributed by atoms with Crippen LogP contribution in [0.5, 0.6) is 0 Å². The molecular weight excluding hydrogens is 258 g/mol. The van der Waals surface area contributed by atoms with E-state index in [0.717, 1.165) is 37.6 Å². The van der Waals surface area contributed by atoms with Crippen LogP contribution < -0.4 is 5.32 Å². The Morgan fingerprint density at radius 3 is 2.62 bits per heavy atom. The lowest BCUT2D eigenvalue weighted by Crippen LogP contribution is -2.34. The van der Waals surface area contributed by atoms with Gasteiger partial charge in [0.15, 0.2) is 0 Å². The first-order chi connectivity index (χ1) is 10.4. The minimum Gasteiger partial charge on any atom is -0.377 e. The van der Waals surface area contributed by atoms with E-state index in [2.05, 4.69) is 36.5 Å². The summed E-state index contributed by atoms with van der Waals surface area (Å²) < 4.78 is 5.58. The molecule has 2 nitrogen and oxygen atoms in total. The number of benzene rings is 1. The van der Waals surface area contributed by atoms with Gasteiger partial charge in [-0.3, -0.25) is 0 Å². The van der Waals surface area contributed by atoms with Crippen LogP contribution in [0.15, 0.2) is 24.3 Å². The molecule has 2 fully saturated rings. The fourth-order valence-corrected chi connectivity index (χ4v) is 3.75. The molecular formula is C19H29NO. The van der Waals surface area contributed by atoms with Crippen LogP contribution in [0, 0.1) is 11.8 Å². The molecule has 0 bridgehead atoms. The quantitative estimate of drug-likeness (QED) is 0.808. The minimum atomic E-state index is 0.726. The Morgan fingerprint density at radius 1 is 1.05 bits per heavy atom. The molecule has 0 aliphatic heterocycles. The van der Waals surface area contributed by atoms with Gasteiger partial charge in [-0.1, -0.05) is 37.1 Å². The van der Waals surface area contributed by atoms with Crippen molar-refractivity contribution < 1.29 is 4.74 Å². The van der Waals surface area contributed by atoms with E-state index in [1.165, 1.54) is 49.7 Å². The Hall–Kier alpha value is -0.860. The zero-order valence-electron chi connectivity index (χ0n) is 13.3. The molecule has 0 aromatic heterocycles. The van der Waals surface area contributed by atoms with E-state index in [4.69, 9.17) is 4.74 Å². The molecule has 2 aliphatic carbocycles. The number of hydrogen-bond acceptors (Lipinski definition) is 2. The molecule has 2 atom stereocenters. The summed E-state index contributed by atoms with van der Waals surface area (Å²) in [6, 6.07) is 9.41. The van der Waals surface area contributed by atoms with Gasteiger partial charge in [-0.25, -0.2) is 0 Å². The summed E-state index contributed by atoms with van der Waals surface area (Å²) in [6.45, 7) is 4.57. The van der Waals surface area contributed by atoms with E-state index < -0.39 is 0 Å². The second-order valence-corrected chi connectivity index (χ2v) is 6.75. The lowest BCUT2D eigenvalue weighted by Gasteiger charge is -2.30. The molecule has 0 spiro atoms. The van der Waals surface area contributed by atoms with Crippen molar-refractivity contribution in [2.24, 2.45) is 11.8 Å². The maximum Gasteiger partial charge on any atom is 0.0719 e. The third-order valence-corrected chi connectivity index (χ3v) is 5.16. The van der Waals surface area contributed by atoms with Gasteiger partial charge in [-0.05, 0) is 55.6 Å². The van der Waals surface area contributed by atoms with Crippen LogP contribution in [0.2, 0.25) is 0 Å². The van der Waals surface area contributed by atoms with Crippen molar-refractivity contribution in [2.75, 3.05) is 6.61 Å². The maximum atomic E-state index is 5.58.